The van der Waals surface area contributed by atoms with Crippen molar-refractivity contribution in [3.05, 3.63) is 79.0 Å². The molecule has 0 saturated heterocycles. The Morgan fingerprint density at radius 3 is 1.95 bits per heavy atom. The van der Waals surface area contributed by atoms with Crippen molar-refractivity contribution >= 4 is 21.9 Å². The molecule has 0 bridgehead atoms. The van der Waals surface area contributed by atoms with Gasteiger partial charge in [0.2, 0.25) is 0 Å². The van der Waals surface area contributed by atoms with Crippen molar-refractivity contribution in [3.8, 4) is 23.0 Å². The van der Waals surface area contributed by atoms with Gasteiger partial charge in [-0.1, -0.05) is 13.0 Å². The second-order valence-electron chi connectivity index (χ2n) is 10.1. The highest BCUT2D eigenvalue weighted by Crippen LogP contribution is 2.39. The molecular formula is C30H30O8. The van der Waals surface area contributed by atoms with Crippen molar-refractivity contribution in [3.63, 3.8) is 0 Å². The Bertz CT molecular complexity index is 1690. The number of ether oxygens (including phenoxy) is 2. The van der Waals surface area contributed by atoms with Crippen molar-refractivity contribution in [1.82, 2.24) is 0 Å². The van der Waals surface area contributed by atoms with Gasteiger partial charge in [-0.05, 0) is 51.5 Å². The molecule has 2 aromatic heterocycles. The summed E-state index contributed by atoms with van der Waals surface area (Å²) in [7, 11) is 0. The lowest BCUT2D eigenvalue weighted by Gasteiger charge is -2.11. The second-order valence-corrected chi connectivity index (χ2v) is 10.1. The van der Waals surface area contributed by atoms with E-state index in [-0.39, 0.29) is 33.1 Å². The van der Waals surface area contributed by atoms with Crippen LogP contribution in [0.15, 0.2) is 54.3 Å². The molecule has 0 fully saturated rings. The number of phenolic OH excluding ortho intramolecular Hbond substituents is 2. The number of allylic oxidation sites excluding steroid dienone is 1. The number of rotatable bonds is 0. The number of benzene rings is 2. The summed E-state index contributed by atoms with van der Waals surface area (Å²) in [4.78, 5) is 24.0. The van der Waals surface area contributed by atoms with E-state index >= 15 is 0 Å². The zero-order chi connectivity index (χ0) is 27.1. The monoisotopic (exact) mass is 518 g/mol. The van der Waals surface area contributed by atoms with Crippen LogP contribution in [-0.4, -0.2) is 23.4 Å². The Balaban J connectivity index is 0.000000155. The summed E-state index contributed by atoms with van der Waals surface area (Å²) in [6.07, 6.45) is 4.19. The average Bonchev–Trinajstić information content (AvgIpc) is 3.15. The first-order chi connectivity index (χ1) is 18.1. The zero-order valence-corrected chi connectivity index (χ0v) is 21.8. The van der Waals surface area contributed by atoms with Crippen molar-refractivity contribution in [2.45, 2.75) is 47.0 Å². The van der Waals surface area contributed by atoms with Crippen molar-refractivity contribution in [2.75, 3.05) is 13.2 Å². The quantitative estimate of drug-likeness (QED) is 0.295. The Hall–Kier alpha value is -4.20. The van der Waals surface area contributed by atoms with E-state index in [2.05, 4.69) is 6.92 Å². The van der Waals surface area contributed by atoms with E-state index in [1.807, 2.05) is 13.0 Å². The minimum atomic E-state index is -0.232. The third-order valence-corrected chi connectivity index (χ3v) is 6.88. The van der Waals surface area contributed by atoms with Crippen LogP contribution < -0.4 is 20.3 Å². The molecule has 0 spiro atoms. The maximum absolute atomic E-state index is 12.0. The molecule has 1 unspecified atom stereocenters. The molecule has 38 heavy (non-hydrogen) atoms. The lowest BCUT2D eigenvalue weighted by atomic mass is 10.00. The van der Waals surface area contributed by atoms with Gasteiger partial charge >= 0.3 is 0 Å². The third-order valence-electron chi connectivity index (χ3n) is 6.88. The van der Waals surface area contributed by atoms with Crippen LogP contribution in [0.1, 0.15) is 42.9 Å². The van der Waals surface area contributed by atoms with Crippen LogP contribution >= 0.6 is 0 Å². The van der Waals surface area contributed by atoms with E-state index in [9.17, 15) is 19.8 Å². The summed E-state index contributed by atoms with van der Waals surface area (Å²) in [5.41, 5.74) is 2.75. The second kappa shape index (κ2) is 9.93. The molecule has 4 aromatic rings. The van der Waals surface area contributed by atoms with Crippen LogP contribution in [0.25, 0.3) is 21.9 Å². The predicted octanol–water partition coefficient (Wildman–Crippen LogP) is 5.46. The average molecular weight is 519 g/mol. The van der Waals surface area contributed by atoms with Gasteiger partial charge in [0.25, 0.3) is 0 Å². The molecule has 2 aliphatic heterocycles. The standard InChI is InChI=1S/C15H16O4.C15H14O4/c2*1-8-3-4-10-12(18-7-8)6-13-14(15(10)17)11(16)5-9(2)19-13/h5-6,8,17H,3-4,7H2,1-2H3;3,5-6,17H,4,7H2,1-2H3. The molecule has 2 N–H and O–H groups in total. The highest BCUT2D eigenvalue weighted by atomic mass is 16.5. The summed E-state index contributed by atoms with van der Waals surface area (Å²) in [6.45, 7) is 8.59. The molecule has 0 aliphatic carbocycles. The van der Waals surface area contributed by atoms with Gasteiger partial charge in [-0.3, -0.25) is 9.59 Å². The molecule has 0 radical (unpaired) electrons. The minimum Gasteiger partial charge on any atom is -0.507 e. The fourth-order valence-electron chi connectivity index (χ4n) is 4.81. The Labute approximate surface area is 218 Å². The summed E-state index contributed by atoms with van der Waals surface area (Å²) < 4.78 is 22.4. The van der Waals surface area contributed by atoms with E-state index in [4.69, 9.17) is 18.3 Å². The SMILES string of the molecule is CC1=CCc2c(cc3oc(C)cc(=O)c3c2O)OC1.Cc1cc(=O)c2c(O)c3c(cc2o1)OCC(C)CC3. The van der Waals surface area contributed by atoms with E-state index < -0.39 is 0 Å². The molecule has 0 saturated carbocycles. The van der Waals surface area contributed by atoms with E-state index in [0.29, 0.717) is 77.3 Å². The summed E-state index contributed by atoms with van der Waals surface area (Å²) in [5, 5.41) is 21.1. The first-order valence-corrected chi connectivity index (χ1v) is 12.6. The van der Waals surface area contributed by atoms with Gasteiger partial charge in [-0.25, -0.2) is 0 Å². The maximum Gasteiger partial charge on any atom is 0.196 e. The van der Waals surface area contributed by atoms with Crippen LogP contribution in [-0.2, 0) is 12.8 Å². The molecule has 2 aromatic carbocycles. The molecule has 6 rings (SSSR count). The molecular weight excluding hydrogens is 488 g/mol. The minimum absolute atomic E-state index is 0.00958. The predicted molar refractivity (Wildman–Crippen MR) is 144 cm³/mol. The van der Waals surface area contributed by atoms with Gasteiger partial charge in [0.15, 0.2) is 10.9 Å². The summed E-state index contributed by atoms with van der Waals surface area (Å²) >= 11 is 0. The van der Waals surface area contributed by atoms with Gasteiger partial charge in [0, 0.05) is 35.4 Å². The molecule has 198 valence electrons. The lowest BCUT2D eigenvalue weighted by Crippen LogP contribution is -2.05. The van der Waals surface area contributed by atoms with E-state index in [1.54, 1.807) is 26.0 Å². The molecule has 4 heterocycles. The van der Waals surface area contributed by atoms with Crippen molar-refractivity contribution in [1.29, 1.82) is 0 Å². The highest BCUT2D eigenvalue weighted by molar-refractivity contribution is 5.87. The summed E-state index contributed by atoms with van der Waals surface area (Å²) in [6, 6.07) is 6.18. The molecule has 8 nitrogen and oxygen atoms in total. The lowest BCUT2D eigenvalue weighted by molar-refractivity contribution is 0.265. The fraction of sp³-hybridized carbons (Fsp3) is 0.333. The number of phenols is 2. The van der Waals surface area contributed by atoms with Crippen LogP contribution in [0.4, 0.5) is 0 Å². The maximum atomic E-state index is 12.0. The fourth-order valence-corrected chi connectivity index (χ4v) is 4.81. The smallest absolute Gasteiger partial charge is 0.196 e. The number of hydrogen-bond donors (Lipinski definition) is 2. The van der Waals surface area contributed by atoms with Crippen LogP contribution in [0.5, 0.6) is 23.0 Å². The van der Waals surface area contributed by atoms with Crippen LogP contribution in [0.2, 0.25) is 0 Å². The number of aryl methyl sites for hydroxylation is 2. The molecule has 1 atom stereocenters. The van der Waals surface area contributed by atoms with Gasteiger partial charge in [0.1, 0.15) is 63.1 Å². The van der Waals surface area contributed by atoms with Gasteiger partial charge in [-0.15, -0.1) is 0 Å². The Morgan fingerprint density at radius 2 is 1.34 bits per heavy atom. The van der Waals surface area contributed by atoms with Crippen molar-refractivity contribution < 1.29 is 28.5 Å². The molecule has 0 amide bonds. The van der Waals surface area contributed by atoms with Gasteiger partial charge < -0.3 is 28.5 Å². The van der Waals surface area contributed by atoms with E-state index in [0.717, 1.165) is 12.0 Å². The van der Waals surface area contributed by atoms with Crippen LogP contribution in [0.3, 0.4) is 0 Å². The number of hydrogen-bond acceptors (Lipinski definition) is 8. The van der Waals surface area contributed by atoms with Gasteiger partial charge in [0.05, 0.1) is 6.61 Å². The first kappa shape index (κ1) is 25.4. The Morgan fingerprint density at radius 1 is 0.789 bits per heavy atom. The number of aromatic hydroxyl groups is 2. The van der Waals surface area contributed by atoms with E-state index in [1.165, 1.54) is 12.1 Å². The van der Waals surface area contributed by atoms with Crippen molar-refractivity contribution in [2.24, 2.45) is 5.92 Å². The largest absolute Gasteiger partial charge is 0.507 e. The molecule has 2 aliphatic rings. The third kappa shape index (κ3) is 4.74. The normalized spacial score (nSPS) is 16.6. The zero-order valence-electron chi connectivity index (χ0n) is 21.8. The summed E-state index contributed by atoms with van der Waals surface area (Å²) in [5.74, 6) is 2.65. The molecule has 8 heteroatoms. The van der Waals surface area contributed by atoms with Crippen LogP contribution in [0, 0.1) is 19.8 Å². The highest BCUT2D eigenvalue weighted by Gasteiger charge is 2.22. The number of fused-ring (bicyclic) bond motifs is 4. The topological polar surface area (TPSA) is 119 Å². The first-order valence-electron chi connectivity index (χ1n) is 12.6. The Kier molecular flexibility index (Phi) is 6.65. The van der Waals surface area contributed by atoms with Gasteiger partial charge in [-0.2, -0.15) is 0 Å².